The Kier molecular flexibility index (Phi) is 7.86. The molecule has 0 spiro atoms. The Morgan fingerprint density at radius 3 is 2.72 bits per heavy atom. The number of phenolic OH excluding ortho intramolecular Hbond substituents is 1. The fourth-order valence-electron chi connectivity index (χ4n) is 3.44. The van der Waals surface area contributed by atoms with Gasteiger partial charge < -0.3 is 14.6 Å². The molecule has 0 saturated carbocycles. The first kappa shape index (κ1) is 21.6. The van der Waals surface area contributed by atoms with Crippen LogP contribution in [0.4, 0.5) is 0 Å². The summed E-state index contributed by atoms with van der Waals surface area (Å²) in [5.41, 5.74) is 1.81. The van der Waals surface area contributed by atoms with Gasteiger partial charge in [0, 0.05) is 18.1 Å². The zero-order chi connectivity index (χ0) is 20.6. The third-order valence-electron chi connectivity index (χ3n) is 4.94. The van der Waals surface area contributed by atoms with Crippen LogP contribution in [0, 0.1) is 0 Å². The maximum Gasteiger partial charge on any atom is 0.189 e. The maximum atomic E-state index is 12.8. The van der Waals surface area contributed by atoms with Crippen molar-refractivity contribution < 1.29 is 19.4 Å². The molecule has 0 unspecified atom stereocenters. The highest BCUT2D eigenvalue weighted by Crippen LogP contribution is 2.34. The van der Waals surface area contributed by atoms with Crippen molar-refractivity contribution in [3.8, 4) is 11.5 Å². The van der Waals surface area contributed by atoms with Crippen LogP contribution < -0.4 is 4.74 Å². The van der Waals surface area contributed by atoms with Crippen LogP contribution in [0.15, 0.2) is 46.9 Å². The van der Waals surface area contributed by atoms with E-state index in [1.807, 2.05) is 24.3 Å². The Morgan fingerprint density at radius 2 is 2.00 bits per heavy atom. The molecule has 0 radical (unpaired) electrons. The molecule has 0 amide bonds. The SMILES string of the molecule is COCOc1ccc(C(=O)/C=C/c2cccc(Br)c2)c(O)c1CN1CCCCC1. The second kappa shape index (κ2) is 10.6. The largest absolute Gasteiger partial charge is 0.507 e. The first-order valence-electron chi connectivity index (χ1n) is 9.75. The lowest BCUT2D eigenvalue weighted by Crippen LogP contribution is -2.29. The highest BCUT2D eigenvalue weighted by Gasteiger charge is 2.21. The number of rotatable bonds is 8. The summed E-state index contributed by atoms with van der Waals surface area (Å²) in [6.07, 6.45) is 6.74. The van der Waals surface area contributed by atoms with Crippen LogP contribution in [-0.4, -0.2) is 42.8 Å². The monoisotopic (exact) mass is 459 g/mol. The lowest BCUT2D eigenvalue weighted by atomic mass is 10.0. The van der Waals surface area contributed by atoms with E-state index in [-0.39, 0.29) is 23.9 Å². The topological polar surface area (TPSA) is 59.0 Å². The standard InChI is InChI=1S/C23H26BrNO4/c1-28-16-29-22-11-9-19(21(26)10-8-17-6-5-7-18(24)14-17)23(27)20(22)15-25-12-3-2-4-13-25/h5-11,14,27H,2-4,12-13,15-16H2,1H3/b10-8+. The number of likely N-dealkylation sites (tertiary alicyclic amines) is 1. The lowest BCUT2D eigenvalue weighted by Gasteiger charge is -2.27. The molecule has 154 valence electrons. The van der Waals surface area contributed by atoms with E-state index in [0.717, 1.165) is 36.0 Å². The number of hydrogen-bond donors (Lipinski definition) is 1. The molecule has 1 saturated heterocycles. The summed E-state index contributed by atoms with van der Waals surface area (Å²) < 4.78 is 11.6. The minimum atomic E-state index is -0.249. The lowest BCUT2D eigenvalue weighted by molar-refractivity contribution is 0.0494. The van der Waals surface area contributed by atoms with Crippen molar-refractivity contribution in [2.45, 2.75) is 25.8 Å². The van der Waals surface area contributed by atoms with E-state index in [4.69, 9.17) is 9.47 Å². The van der Waals surface area contributed by atoms with Gasteiger partial charge in [-0.15, -0.1) is 0 Å². The van der Waals surface area contributed by atoms with Crippen LogP contribution in [0.2, 0.25) is 0 Å². The Labute approximate surface area is 180 Å². The summed E-state index contributed by atoms with van der Waals surface area (Å²) in [5.74, 6) is 0.274. The number of carbonyl (C=O) groups is 1. The Balaban J connectivity index is 1.85. The van der Waals surface area contributed by atoms with Crippen molar-refractivity contribution in [2.24, 2.45) is 0 Å². The molecule has 1 aliphatic rings. The van der Waals surface area contributed by atoms with Gasteiger partial charge in [-0.3, -0.25) is 9.69 Å². The first-order valence-corrected chi connectivity index (χ1v) is 10.5. The van der Waals surface area contributed by atoms with E-state index >= 15 is 0 Å². The van der Waals surface area contributed by atoms with Gasteiger partial charge in [0.2, 0.25) is 0 Å². The van der Waals surface area contributed by atoms with Crippen LogP contribution in [0.25, 0.3) is 6.08 Å². The van der Waals surface area contributed by atoms with Gasteiger partial charge in [-0.25, -0.2) is 0 Å². The number of hydrogen-bond acceptors (Lipinski definition) is 5. The summed E-state index contributed by atoms with van der Waals surface area (Å²) in [4.78, 5) is 15.0. The van der Waals surface area contributed by atoms with Gasteiger partial charge in [-0.1, -0.05) is 40.6 Å². The predicted octanol–water partition coefficient (Wildman–Crippen LogP) is 5.02. The van der Waals surface area contributed by atoms with Gasteiger partial charge in [0.1, 0.15) is 11.5 Å². The Hall–Kier alpha value is -2.15. The number of nitrogens with zero attached hydrogens (tertiary/aromatic N) is 1. The molecule has 1 N–H and O–H groups in total. The molecule has 5 nitrogen and oxygen atoms in total. The van der Waals surface area contributed by atoms with Crippen molar-refractivity contribution in [1.29, 1.82) is 0 Å². The molecule has 0 atom stereocenters. The maximum absolute atomic E-state index is 12.8. The molecule has 0 bridgehead atoms. The molecule has 1 aliphatic heterocycles. The second-order valence-corrected chi connectivity index (χ2v) is 7.99. The number of halogens is 1. The van der Waals surface area contributed by atoms with E-state index in [0.29, 0.717) is 17.9 Å². The van der Waals surface area contributed by atoms with Gasteiger partial charge in [0.25, 0.3) is 0 Å². The van der Waals surface area contributed by atoms with Crippen LogP contribution >= 0.6 is 15.9 Å². The summed E-state index contributed by atoms with van der Waals surface area (Å²) in [6.45, 7) is 2.58. The molecule has 2 aromatic rings. The van der Waals surface area contributed by atoms with E-state index in [1.165, 1.54) is 12.5 Å². The van der Waals surface area contributed by atoms with Crippen LogP contribution in [0.1, 0.15) is 40.7 Å². The second-order valence-electron chi connectivity index (χ2n) is 7.08. The van der Waals surface area contributed by atoms with Crippen molar-refractivity contribution in [3.05, 3.63) is 63.6 Å². The molecule has 1 fully saturated rings. The van der Waals surface area contributed by atoms with Gasteiger partial charge in [0.15, 0.2) is 12.6 Å². The molecule has 0 aromatic heterocycles. The highest BCUT2D eigenvalue weighted by atomic mass is 79.9. The molecular weight excluding hydrogens is 434 g/mol. The fourth-order valence-corrected chi connectivity index (χ4v) is 3.86. The number of allylic oxidation sites excluding steroid dienone is 1. The minimum absolute atomic E-state index is 0.0203. The first-order chi connectivity index (χ1) is 14.1. The van der Waals surface area contributed by atoms with Crippen LogP contribution in [0.5, 0.6) is 11.5 Å². The third kappa shape index (κ3) is 5.92. The zero-order valence-electron chi connectivity index (χ0n) is 16.6. The van der Waals surface area contributed by atoms with Gasteiger partial charge in [-0.2, -0.15) is 0 Å². The molecule has 1 heterocycles. The van der Waals surface area contributed by atoms with Crippen molar-refractivity contribution in [3.63, 3.8) is 0 Å². The number of ether oxygens (including phenoxy) is 2. The fraction of sp³-hybridized carbons (Fsp3) is 0.348. The normalized spacial score (nSPS) is 15.0. The van der Waals surface area contributed by atoms with Crippen molar-refractivity contribution in [2.75, 3.05) is 27.0 Å². The predicted molar refractivity (Wildman–Crippen MR) is 117 cm³/mol. The number of ketones is 1. The highest BCUT2D eigenvalue weighted by molar-refractivity contribution is 9.10. The number of aromatic hydroxyl groups is 1. The summed E-state index contributed by atoms with van der Waals surface area (Å²) in [5, 5.41) is 10.9. The molecule has 3 rings (SSSR count). The molecule has 2 aromatic carbocycles. The summed E-state index contributed by atoms with van der Waals surface area (Å²) in [6, 6.07) is 11.0. The molecular formula is C23H26BrNO4. The quantitative estimate of drug-likeness (QED) is 0.341. The van der Waals surface area contributed by atoms with E-state index < -0.39 is 0 Å². The Morgan fingerprint density at radius 1 is 1.21 bits per heavy atom. The number of methoxy groups -OCH3 is 1. The third-order valence-corrected chi connectivity index (χ3v) is 5.44. The Bertz CT molecular complexity index is 875. The van der Waals surface area contributed by atoms with E-state index in [9.17, 15) is 9.90 Å². The zero-order valence-corrected chi connectivity index (χ0v) is 18.2. The summed E-state index contributed by atoms with van der Waals surface area (Å²) in [7, 11) is 1.55. The summed E-state index contributed by atoms with van der Waals surface area (Å²) >= 11 is 3.42. The van der Waals surface area contributed by atoms with Crippen LogP contribution in [0.3, 0.4) is 0 Å². The average Bonchev–Trinajstić information content (AvgIpc) is 2.73. The van der Waals surface area contributed by atoms with E-state index in [2.05, 4.69) is 20.8 Å². The average molecular weight is 460 g/mol. The molecule has 6 heteroatoms. The molecule has 29 heavy (non-hydrogen) atoms. The van der Waals surface area contributed by atoms with Crippen LogP contribution in [-0.2, 0) is 11.3 Å². The number of phenols is 1. The number of carbonyl (C=O) groups excluding carboxylic acids is 1. The van der Waals surface area contributed by atoms with E-state index in [1.54, 1.807) is 25.3 Å². The molecule has 0 aliphatic carbocycles. The van der Waals surface area contributed by atoms with Gasteiger partial charge in [-0.05, 0) is 61.8 Å². The minimum Gasteiger partial charge on any atom is -0.507 e. The number of benzene rings is 2. The van der Waals surface area contributed by atoms with Crippen molar-refractivity contribution >= 4 is 27.8 Å². The number of piperidine rings is 1. The smallest absolute Gasteiger partial charge is 0.189 e. The van der Waals surface area contributed by atoms with Crippen molar-refractivity contribution in [1.82, 2.24) is 4.90 Å². The van der Waals surface area contributed by atoms with Gasteiger partial charge >= 0.3 is 0 Å². The van der Waals surface area contributed by atoms with Gasteiger partial charge in [0.05, 0.1) is 11.1 Å².